The third kappa shape index (κ3) is 6.09. The molecule has 32 heavy (non-hydrogen) atoms. The van der Waals surface area contributed by atoms with Crippen molar-refractivity contribution in [1.29, 1.82) is 0 Å². The van der Waals surface area contributed by atoms with E-state index in [2.05, 4.69) is 15.5 Å². The normalized spacial score (nSPS) is 12.0. The maximum absolute atomic E-state index is 12.4. The highest BCUT2D eigenvalue weighted by atomic mass is 35.5. The zero-order valence-electron chi connectivity index (χ0n) is 18.1. The minimum absolute atomic E-state index is 0.0765. The van der Waals surface area contributed by atoms with E-state index in [4.69, 9.17) is 32.7 Å². The number of amides is 1. The lowest BCUT2D eigenvalue weighted by Crippen LogP contribution is -2.16. The second-order valence-corrected chi connectivity index (χ2v) is 8.99. The van der Waals surface area contributed by atoms with Crippen molar-refractivity contribution < 1.29 is 14.3 Å². The first-order valence-corrected chi connectivity index (χ1v) is 11.7. The molecule has 0 saturated carbocycles. The third-order valence-corrected chi connectivity index (χ3v) is 5.95. The predicted octanol–water partition coefficient (Wildman–Crippen LogP) is 6.05. The molecular formula is C22H24Cl2N4O3S. The molecule has 10 heteroatoms. The Bertz CT molecular complexity index is 1090. The van der Waals surface area contributed by atoms with E-state index in [0.717, 1.165) is 0 Å². The van der Waals surface area contributed by atoms with Gasteiger partial charge in [0, 0.05) is 17.1 Å². The highest BCUT2D eigenvalue weighted by Crippen LogP contribution is 2.30. The van der Waals surface area contributed by atoms with Crippen LogP contribution in [0.15, 0.2) is 47.6 Å². The molecule has 3 rings (SSSR count). The maximum atomic E-state index is 12.4. The van der Waals surface area contributed by atoms with Gasteiger partial charge in [0.1, 0.15) is 11.5 Å². The van der Waals surface area contributed by atoms with Gasteiger partial charge in [0.15, 0.2) is 17.1 Å². The molecule has 1 unspecified atom stereocenters. The number of nitrogens with zero attached hydrogens (tertiary/aromatic N) is 3. The first-order valence-electron chi connectivity index (χ1n) is 9.91. The Kier molecular flexibility index (Phi) is 8.28. The van der Waals surface area contributed by atoms with Gasteiger partial charge in [-0.1, -0.05) is 41.0 Å². The van der Waals surface area contributed by atoms with Crippen LogP contribution in [0.2, 0.25) is 10.0 Å². The van der Waals surface area contributed by atoms with Gasteiger partial charge in [-0.15, -0.1) is 10.2 Å². The molecule has 1 heterocycles. The number of carbonyl (C=O) groups is 1. The molecule has 0 aliphatic rings. The van der Waals surface area contributed by atoms with E-state index in [1.165, 1.54) is 11.8 Å². The van der Waals surface area contributed by atoms with Gasteiger partial charge < -0.3 is 19.4 Å². The number of nitrogens with one attached hydrogen (secondary N) is 1. The highest BCUT2D eigenvalue weighted by molar-refractivity contribution is 7.99. The quantitative estimate of drug-likeness (QED) is 0.365. The Morgan fingerprint density at radius 1 is 1.12 bits per heavy atom. The van der Waals surface area contributed by atoms with Gasteiger partial charge in [-0.25, -0.2) is 0 Å². The number of hydrogen-bond donors (Lipinski definition) is 1. The van der Waals surface area contributed by atoms with E-state index in [0.29, 0.717) is 38.2 Å². The number of thioether (sulfide) groups is 1. The largest absolute Gasteiger partial charge is 0.497 e. The molecule has 1 N–H and O–H groups in total. The summed E-state index contributed by atoms with van der Waals surface area (Å²) in [5.41, 5.74) is 0.507. The topological polar surface area (TPSA) is 78.3 Å². The summed E-state index contributed by atoms with van der Waals surface area (Å²) in [6, 6.07) is 12.4. The molecule has 7 nitrogen and oxygen atoms in total. The van der Waals surface area contributed by atoms with Crippen LogP contribution < -0.4 is 14.8 Å². The van der Waals surface area contributed by atoms with Crippen molar-refractivity contribution in [2.45, 2.75) is 38.1 Å². The highest BCUT2D eigenvalue weighted by Gasteiger charge is 2.22. The van der Waals surface area contributed by atoms with Crippen molar-refractivity contribution in [2.75, 3.05) is 18.2 Å². The van der Waals surface area contributed by atoms with Crippen LogP contribution in [-0.4, -0.2) is 33.5 Å². The standard InChI is InChI=1S/C22H24Cl2N4O3S/c1-13(2)28-21(14(3)31-17-7-5-6-16(11-17)30-4)26-27-22(28)32-12-20(29)25-19-9-8-15(23)10-18(19)24/h5-11,13-14H,12H2,1-4H3,(H,25,29). The van der Waals surface area contributed by atoms with E-state index >= 15 is 0 Å². The number of aromatic nitrogens is 3. The molecule has 0 spiro atoms. The van der Waals surface area contributed by atoms with E-state index < -0.39 is 0 Å². The van der Waals surface area contributed by atoms with Crippen molar-refractivity contribution in [3.8, 4) is 11.5 Å². The van der Waals surface area contributed by atoms with Crippen LogP contribution >= 0.6 is 35.0 Å². The predicted molar refractivity (Wildman–Crippen MR) is 128 cm³/mol. The summed E-state index contributed by atoms with van der Waals surface area (Å²) < 4.78 is 13.3. The first-order chi connectivity index (χ1) is 15.3. The lowest BCUT2D eigenvalue weighted by atomic mass is 10.3. The second-order valence-electron chi connectivity index (χ2n) is 7.20. The van der Waals surface area contributed by atoms with Gasteiger partial charge in [-0.2, -0.15) is 0 Å². The van der Waals surface area contributed by atoms with E-state index in [1.807, 2.05) is 49.6 Å². The van der Waals surface area contributed by atoms with Gasteiger partial charge >= 0.3 is 0 Å². The summed E-state index contributed by atoms with van der Waals surface area (Å²) >= 11 is 13.3. The number of hydrogen-bond acceptors (Lipinski definition) is 6. The molecule has 3 aromatic rings. The van der Waals surface area contributed by atoms with Crippen LogP contribution in [0.5, 0.6) is 11.5 Å². The van der Waals surface area contributed by atoms with Crippen LogP contribution in [0.1, 0.15) is 38.7 Å². The molecule has 1 amide bonds. The van der Waals surface area contributed by atoms with Crippen LogP contribution in [0.4, 0.5) is 5.69 Å². The van der Waals surface area contributed by atoms with Crippen molar-refractivity contribution in [1.82, 2.24) is 14.8 Å². The third-order valence-electron chi connectivity index (χ3n) is 4.46. The number of ether oxygens (including phenoxy) is 2. The Morgan fingerprint density at radius 2 is 1.88 bits per heavy atom. The fraction of sp³-hybridized carbons (Fsp3) is 0.318. The lowest BCUT2D eigenvalue weighted by molar-refractivity contribution is -0.113. The number of anilines is 1. The van der Waals surface area contributed by atoms with E-state index in [-0.39, 0.29) is 23.8 Å². The van der Waals surface area contributed by atoms with Crippen molar-refractivity contribution in [3.63, 3.8) is 0 Å². The number of methoxy groups -OCH3 is 1. The maximum Gasteiger partial charge on any atom is 0.234 e. The van der Waals surface area contributed by atoms with Gasteiger partial charge in [0.05, 0.1) is 23.6 Å². The summed E-state index contributed by atoms with van der Waals surface area (Å²) in [5, 5.41) is 12.9. The fourth-order valence-electron chi connectivity index (χ4n) is 2.99. The molecule has 2 aromatic carbocycles. The number of carbonyl (C=O) groups excluding carboxylic acids is 1. The van der Waals surface area contributed by atoms with Crippen LogP contribution in [0.3, 0.4) is 0 Å². The summed E-state index contributed by atoms with van der Waals surface area (Å²) in [6.45, 7) is 5.97. The molecule has 1 aromatic heterocycles. The van der Waals surface area contributed by atoms with Gasteiger partial charge in [-0.3, -0.25) is 4.79 Å². The summed E-state index contributed by atoms with van der Waals surface area (Å²) in [7, 11) is 1.61. The molecule has 0 aliphatic heterocycles. The molecule has 1 atom stereocenters. The first kappa shape index (κ1) is 24.2. The molecule has 0 saturated heterocycles. The van der Waals surface area contributed by atoms with Crippen LogP contribution in [0, 0.1) is 0 Å². The zero-order valence-corrected chi connectivity index (χ0v) is 20.5. The lowest BCUT2D eigenvalue weighted by Gasteiger charge is -2.19. The molecule has 0 bridgehead atoms. The molecule has 0 radical (unpaired) electrons. The average molecular weight is 495 g/mol. The Morgan fingerprint density at radius 3 is 2.56 bits per heavy atom. The summed E-state index contributed by atoms with van der Waals surface area (Å²) in [4.78, 5) is 12.4. The van der Waals surface area contributed by atoms with Crippen molar-refractivity contribution >= 4 is 46.6 Å². The minimum Gasteiger partial charge on any atom is -0.497 e. The molecule has 170 valence electrons. The van der Waals surface area contributed by atoms with E-state index in [1.54, 1.807) is 25.3 Å². The van der Waals surface area contributed by atoms with Crippen LogP contribution in [0.25, 0.3) is 0 Å². The Labute approximate surface area is 201 Å². The monoisotopic (exact) mass is 494 g/mol. The van der Waals surface area contributed by atoms with Gasteiger partial charge in [-0.05, 0) is 51.1 Å². The number of halogens is 2. The summed E-state index contributed by atoms with van der Waals surface area (Å²) in [5.74, 6) is 1.99. The molecule has 0 aliphatic carbocycles. The fourth-order valence-corrected chi connectivity index (χ4v) is 4.32. The SMILES string of the molecule is COc1cccc(OC(C)c2nnc(SCC(=O)Nc3ccc(Cl)cc3Cl)n2C(C)C)c1. The van der Waals surface area contributed by atoms with Gasteiger partial charge in [0.2, 0.25) is 5.91 Å². The minimum atomic E-state index is -0.354. The smallest absolute Gasteiger partial charge is 0.234 e. The average Bonchev–Trinajstić information content (AvgIpc) is 3.19. The van der Waals surface area contributed by atoms with Crippen molar-refractivity contribution in [3.05, 3.63) is 58.3 Å². The molecular weight excluding hydrogens is 471 g/mol. The Hall–Kier alpha value is -2.42. The Balaban J connectivity index is 1.69. The molecule has 0 fully saturated rings. The number of benzene rings is 2. The van der Waals surface area contributed by atoms with Gasteiger partial charge in [0.25, 0.3) is 0 Å². The van der Waals surface area contributed by atoms with Crippen LogP contribution in [-0.2, 0) is 4.79 Å². The van der Waals surface area contributed by atoms with E-state index in [9.17, 15) is 4.79 Å². The number of rotatable bonds is 9. The second kappa shape index (κ2) is 10.9. The zero-order chi connectivity index (χ0) is 23.3. The van der Waals surface area contributed by atoms with Crippen molar-refractivity contribution in [2.24, 2.45) is 0 Å². The summed E-state index contributed by atoms with van der Waals surface area (Å²) in [6.07, 6.45) is -0.354.